The van der Waals surface area contributed by atoms with Crippen LogP contribution in [-0.4, -0.2) is 46.7 Å². The summed E-state index contributed by atoms with van der Waals surface area (Å²) in [6, 6.07) is 8.16. The maximum absolute atomic E-state index is 12.9. The van der Waals surface area contributed by atoms with Gasteiger partial charge in [-0.25, -0.2) is 9.97 Å². The molecule has 0 atom stereocenters. The second-order valence-corrected chi connectivity index (χ2v) is 7.24. The number of fused-ring (bicyclic) bond motifs is 1. The molecular formula is C22H27N5O2. The molecule has 0 saturated carbocycles. The zero-order valence-corrected chi connectivity index (χ0v) is 17.2. The van der Waals surface area contributed by atoms with E-state index in [0.717, 1.165) is 36.4 Å². The predicted molar refractivity (Wildman–Crippen MR) is 115 cm³/mol. The Hall–Kier alpha value is -2.93. The summed E-state index contributed by atoms with van der Waals surface area (Å²) in [4.78, 5) is 24.1. The van der Waals surface area contributed by atoms with Crippen LogP contribution in [0.1, 0.15) is 35.6 Å². The zero-order chi connectivity index (χ0) is 20.4. The van der Waals surface area contributed by atoms with Crippen molar-refractivity contribution in [1.29, 1.82) is 0 Å². The van der Waals surface area contributed by atoms with Crippen molar-refractivity contribution >= 4 is 28.4 Å². The molecule has 7 nitrogen and oxygen atoms in total. The quantitative estimate of drug-likeness (QED) is 0.719. The minimum Gasteiger partial charge on any atom is -0.378 e. The second-order valence-electron chi connectivity index (χ2n) is 7.24. The Morgan fingerprint density at radius 3 is 2.72 bits per heavy atom. The monoisotopic (exact) mass is 393 g/mol. The lowest BCUT2D eigenvalue weighted by molar-refractivity contribution is 0.102. The molecule has 4 rings (SSSR count). The summed E-state index contributed by atoms with van der Waals surface area (Å²) in [7, 11) is 0. The number of ether oxygens (including phenoxy) is 1. The average molecular weight is 393 g/mol. The fraction of sp³-hybridized carbons (Fsp3) is 0.409. The van der Waals surface area contributed by atoms with Crippen molar-refractivity contribution in [2.24, 2.45) is 0 Å². The third-order valence-electron chi connectivity index (χ3n) is 5.41. The van der Waals surface area contributed by atoms with Gasteiger partial charge in [0, 0.05) is 48.1 Å². The molecule has 7 heteroatoms. The highest BCUT2D eigenvalue weighted by atomic mass is 16.5. The third-order valence-corrected chi connectivity index (χ3v) is 5.41. The van der Waals surface area contributed by atoms with E-state index >= 15 is 0 Å². The number of carbonyl (C=O) groups is 1. The van der Waals surface area contributed by atoms with Gasteiger partial charge in [0.05, 0.1) is 24.5 Å². The predicted octanol–water partition coefficient (Wildman–Crippen LogP) is 3.41. The van der Waals surface area contributed by atoms with Crippen molar-refractivity contribution in [1.82, 2.24) is 14.5 Å². The molecule has 0 unspecified atom stereocenters. The van der Waals surface area contributed by atoms with Gasteiger partial charge in [0.15, 0.2) is 0 Å². The smallest absolute Gasteiger partial charge is 0.259 e. The number of rotatable bonds is 5. The highest BCUT2D eigenvalue weighted by Gasteiger charge is 2.18. The molecule has 1 N–H and O–H groups in total. The number of amides is 1. The lowest BCUT2D eigenvalue weighted by Crippen LogP contribution is -2.37. The molecule has 0 spiro atoms. The van der Waals surface area contributed by atoms with Crippen LogP contribution in [0, 0.1) is 6.92 Å². The molecule has 1 saturated heterocycles. The minimum atomic E-state index is -0.179. The van der Waals surface area contributed by atoms with Gasteiger partial charge in [-0.05, 0) is 44.5 Å². The van der Waals surface area contributed by atoms with Gasteiger partial charge in [-0.1, -0.05) is 6.92 Å². The van der Waals surface area contributed by atoms with E-state index in [1.807, 2.05) is 19.1 Å². The largest absolute Gasteiger partial charge is 0.378 e. The standard InChI is InChI=1S/C22H27N5O2/c1-4-19-18(14-23-22(25-19)26-8-10-29-11-9-26)21(28)24-17-6-7-20-16(13-17)12-15(3)27(20)5-2/h6-7,12-14H,4-5,8-11H2,1-3H3,(H,24,28). The first-order valence-corrected chi connectivity index (χ1v) is 10.2. The van der Waals surface area contributed by atoms with E-state index in [0.29, 0.717) is 31.1 Å². The number of hydrogen-bond donors (Lipinski definition) is 1. The van der Waals surface area contributed by atoms with Crippen LogP contribution in [0.3, 0.4) is 0 Å². The Bertz CT molecular complexity index is 1040. The normalized spacial score (nSPS) is 14.4. The van der Waals surface area contributed by atoms with Gasteiger partial charge in [-0.3, -0.25) is 4.79 Å². The molecule has 1 fully saturated rings. The highest BCUT2D eigenvalue weighted by molar-refractivity contribution is 6.05. The van der Waals surface area contributed by atoms with E-state index in [2.05, 4.69) is 50.7 Å². The summed E-state index contributed by atoms with van der Waals surface area (Å²) in [6.07, 6.45) is 2.31. The van der Waals surface area contributed by atoms with Gasteiger partial charge in [-0.15, -0.1) is 0 Å². The van der Waals surface area contributed by atoms with Gasteiger partial charge < -0.3 is 19.5 Å². The van der Waals surface area contributed by atoms with E-state index in [9.17, 15) is 4.79 Å². The Balaban J connectivity index is 1.57. The summed E-state index contributed by atoms with van der Waals surface area (Å²) >= 11 is 0. The fourth-order valence-electron chi connectivity index (χ4n) is 3.89. The summed E-state index contributed by atoms with van der Waals surface area (Å²) in [5.41, 5.74) is 4.44. The van der Waals surface area contributed by atoms with Crippen LogP contribution in [0.25, 0.3) is 10.9 Å². The molecule has 152 valence electrons. The molecule has 0 bridgehead atoms. The van der Waals surface area contributed by atoms with Gasteiger partial charge >= 0.3 is 0 Å². The first-order chi connectivity index (χ1) is 14.1. The molecule has 29 heavy (non-hydrogen) atoms. The maximum atomic E-state index is 12.9. The molecule has 1 aliphatic rings. The summed E-state index contributed by atoms with van der Waals surface area (Å²) in [6.45, 7) is 10.1. The lowest BCUT2D eigenvalue weighted by atomic mass is 10.1. The Morgan fingerprint density at radius 2 is 2.00 bits per heavy atom. The summed E-state index contributed by atoms with van der Waals surface area (Å²) < 4.78 is 7.65. The van der Waals surface area contributed by atoms with Gasteiger partial charge in [0.2, 0.25) is 5.95 Å². The highest BCUT2D eigenvalue weighted by Crippen LogP contribution is 2.24. The van der Waals surface area contributed by atoms with Crippen LogP contribution in [-0.2, 0) is 17.7 Å². The third kappa shape index (κ3) is 3.82. The Morgan fingerprint density at radius 1 is 1.21 bits per heavy atom. The number of aryl methyl sites for hydroxylation is 3. The van der Waals surface area contributed by atoms with Crippen molar-refractivity contribution in [3.8, 4) is 0 Å². The second kappa shape index (κ2) is 8.21. The van der Waals surface area contributed by atoms with Crippen molar-refractivity contribution in [2.45, 2.75) is 33.7 Å². The molecule has 2 aromatic heterocycles. The fourth-order valence-corrected chi connectivity index (χ4v) is 3.89. The van der Waals surface area contributed by atoms with E-state index in [-0.39, 0.29) is 5.91 Å². The minimum absolute atomic E-state index is 0.179. The van der Waals surface area contributed by atoms with Gasteiger partial charge in [0.1, 0.15) is 0 Å². The SMILES string of the molecule is CCc1nc(N2CCOCC2)ncc1C(=O)Nc1ccc2c(c1)cc(C)n2CC. The average Bonchev–Trinajstić information content (AvgIpc) is 3.07. The number of nitrogens with zero attached hydrogens (tertiary/aromatic N) is 4. The van der Waals surface area contributed by atoms with Crippen molar-refractivity contribution in [3.63, 3.8) is 0 Å². The summed E-state index contributed by atoms with van der Waals surface area (Å²) in [5.74, 6) is 0.487. The molecule has 1 aliphatic heterocycles. The van der Waals surface area contributed by atoms with Crippen LogP contribution in [0.5, 0.6) is 0 Å². The van der Waals surface area contributed by atoms with E-state index in [1.54, 1.807) is 6.20 Å². The molecule has 0 radical (unpaired) electrons. The number of anilines is 2. The van der Waals surface area contributed by atoms with Gasteiger partial charge in [-0.2, -0.15) is 0 Å². The number of aromatic nitrogens is 3. The molecule has 3 heterocycles. The van der Waals surface area contributed by atoms with E-state index in [4.69, 9.17) is 4.74 Å². The number of nitrogens with one attached hydrogen (secondary N) is 1. The van der Waals surface area contributed by atoms with Gasteiger partial charge in [0.25, 0.3) is 5.91 Å². The van der Waals surface area contributed by atoms with Crippen molar-refractivity contribution < 1.29 is 9.53 Å². The van der Waals surface area contributed by atoms with Crippen molar-refractivity contribution in [3.05, 3.63) is 47.4 Å². The van der Waals surface area contributed by atoms with E-state index in [1.165, 1.54) is 11.2 Å². The lowest BCUT2D eigenvalue weighted by Gasteiger charge is -2.27. The Kier molecular flexibility index (Phi) is 5.49. The molecule has 1 amide bonds. The summed E-state index contributed by atoms with van der Waals surface area (Å²) in [5, 5.41) is 4.13. The maximum Gasteiger partial charge on any atom is 0.259 e. The molecule has 0 aliphatic carbocycles. The Labute approximate surface area is 170 Å². The molecule has 1 aromatic carbocycles. The van der Waals surface area contributed by atoms with Crippen LogP contribution in [0.4, 0.5) is 11.6 Å². The topological polar surface area (TPSA) is 72.3 Å². The molecular weight excluding hydrogens is 366 g/mol. The van der Waals surface area contributed by atoms with Crippen LogP contribution in [0.2, 0.25) is 0 Å². The van der Waals surface area contributed by atoms with Crippen LogP contribution in [0.15, 0.2) is 30.5 Å². The van der Waals surface area contributed by atoms with E-state index < -0.39 is 0 Å². The first kappa shape index (κ1) is 19.4. The number of hydrogen-bond acceptors (Lipinski definition) is 5. The number of benzene rings is 1. The number of carbonyl (C=O) groups excluding carboxylic acids is 1. The number of morpholine rings is 1. The van der Waals surface area contributed by atoms with Crippen LogP contribution < -0.4 is 10.2 Å². The first-order valence-electron chi connectivity index (χ1n) is 10.2. The van der Waals surface area contributed by atoms with Crippen molar-refractivity contribution in [2.75, 3.05) is 36.5 Å². The zero-order valence-electron chi connectivity index (χ0n) is 17.2. The van der Waals surface area contributed by atoms with Crippen LogP contribution >= 0.6 is 0 Å². The molecule has 3 aromatic rings.